The third-order valence-electron chi connectivity index (χ3n) is 3.73. The van der Waals surface area contributed by atoms with Crippen LogP contribution in [0.3, 0.4) is 0 Å². The second-order valence-electron chi connectivity index (χ2n) is 5.06. The van der Waals surface area contributed by atoms with Crippen LogP contribution in [0.25, 0.3) is 0 Å². The fourth-order valence-corrected chi connectivity index (χ4v) is 2.78. The predicted octanol–water partition coefficient (Wildman–Crippen LogP) is 1.51. The molecule has 0 amide bonds. The monoisotopic (exact) mass is 248 g/mol. The molecule has 3 rings (SSSR count). The Labute approximate surface area is 108 Å². The summed E-state index contributed by atoms with van der Waals surface area (Å²) in [6, 6.07) is 6.47. The van der Waals surface area contributed by atoms with Crippen molar-refractivity contribution in [1.29, 1.82) is 0 Å². The molecule has 1 aromatic rings. The van der Waals surface area contributed by atoms with Gasteiger partial charge in [-0.05, 0) is 37.9 Å². The van der Waals surface area contributed by atoms with E-state index in [0.29, 0.717) is 25.4 Å². The minimum absolute atomic E-state index is 0.259. The van der Waals surface area contributed by atoms with Gasteiger partial charge in [-0.1, -0.05) is 6.07 Å². The molecular formula is C14H20N2O2. The molecule has 4 nitrogen and oxygen atoms in total. The van der Waals surface area contributed by atoms with Crippen LogP contribution in [0.2, 0.25) is 0 Å². The molecule has 1 aromatic heterocycles. The molecular weight excluding hydrogens is 228 g/mol. The van der Waals surface area contributed by atoms with Crippen LogP contribution in [0.5, 0.6) is 0 Å². The van der Waals surface area contributed by atoms with E-state index in [4.69, 9.17) is 9.47 Å². The highest BCUT2D eigenvalue weighted by Crippen LogP contribution is 2.25. The Kier molecular flexibility index (Phi) is 3.88. The van der Waals surface area contributed by atoms with Gasteiger partial charge in [0.15, 0.2) is 0 Å². The molecule has 0 saturated carbocycles. The summed E-state index contributed by atoms with van der Waals surface area (Å²) in [5.41, 5.74) is 0.980. The van der Waals surface area contributed by atoms with E-state index < -0.39 is 0 Å². The Hall–Kier alpha value is -0.970. The molecule has 2 fully saturated rings. The summed E-state index contributed by atoms with van der Waals surface area (Å²) in [7, 11) is 0. The van der Waals surface area contributed by atoms with Crippen molar-refractivity contribution in [3.8, 4) is 0 Å². The van der Waals surface area contributed by atoms with Crippen LogP contribution in [0, 0.1) is 0 Å². The predicted molar refractivity (Wildman–Crippen MR) is 68.2 cm³/mol. The fraction of sp³-hybridized carbons (Fsp3) is 0.643. The molecule has 0 unspecified atom stereocenters. The first-order chi connectivity index (χ1) is 8.92. The van der Waals surface area contributed by atoms with Crippen LogP contribution in [-0.2, 0) is 16.1 Å². The van der Waals surface area contributed by atoms with Crippen molar-refractivity contribution in [2.45, 2.75) is 44.1 Å². The van der Waals surface area contributed by atoms with Crippen molar-refractivity contribution < 1.29 is 9.47 Å². The molecule has 0 aliphatic carbocycles. The van der Waals surface area contributed by atoms with Gasteiger partial charge in [0.05, 0.1) is 31.1 Å². The molecule has 0 bridgehead atoms. The lowest BCUT2D eigenvalue weighted by Gasteiger charge is -2.32. The molecule has 1 N–H and O–H groups in total. The third kappa shape index (κ3) is 2.88. The number of aromatic nitrogens is 1. The molecule has 3 heterocycles. The number of hydrogen-bond donors (Lipinski definition) is 1. The Bertz CT molecular complexity index is 371. The average Bonchev–Trinajstić information content (AvgIpc) is 2.87. The SMILES string of the molecule is c1ccc(COC[C@@H]2CC[C@H]3NCC[C@H]3O2)nc1. The first-order valence-electron chi connectivity index (χ1n) is 6.78. The molecule has 2 aliphatic heterocycles. The quantitative estimate of drug-likeness (QED) is 0.877. The van der Waals surface area contributed by atoms with Gasteiger partial charge >= 0.3 is 0 Å². The lowest BCUT2D eigenvalue weighted by molar-refractivity contribution is -0.0911. The number of rotatable bonds is 4. The average molecular weight is 248 g/mol. The number of nitrogens with one attached hydrogen (secondary N) is 1. The molecule has 2 saturated heterocycles. The van der Waals surface area contributed by atoms with E-state index in [1.54, 1.807) is 6.20 Å². The lowest BCUT2D eigenvalue weighted by atomic mass is 10.0. The van der Waals surface area contributed by atoms with Crippen LogP contribution >= 0.6 is 0 Å². The van der Waals surface area contributed by atoms with Gasteiger partial charge in [-0.15, -0.1) is 0 Å². The molecule has 0 radical (unpaired) electrons. The highest BCUT2D eigenvalue weighted by molar-refractivity contribution is 5.01. The summed E-state index contributed by atoms with van der Waals surface area (Å²) >= 11 is 0. The topological polar surface area (TPSA) is 43.4 Å². The summed E-state index contributed by atoms with van der Waals surface area (Å²) in [6.45, 7) is 2.35. The summed E-state index contributed by atoms with van der Waals surface area (Å²) in [5, 5.41) is 3.49. The molecule has 0 aromatic carbocycles. The van der Waals surface area contributed by atoms with E-state index in [9.17, 15) is 0 Å². The lowest BCUT2D eigenvalue weighted by Crippen LogP contribution is -2.41. The van der Waals surface area contributed by atoms with E-state index in [0.717, 1.165) is 25.1 Å². The van der Waals surface area contributed by atoms with Gasteiger partial charge in [0, 0.05) is 12.2 Å². The van der Waals surface area contributed by atoms with E-state index >= 15 is 0 Å². The van der Waals surface area contributed by atoms with Gasteiger partial charge in [0.1, 0.15) is 0 Å². The zero-order chi connectivity index (χ0) is 12.2. The van der Waals surface area contributed by atoms with E-state index in [2.05, 4.69) is 10.3 Å². The maximum atomic E-state index is 6.04. The summed E-state index contributed by atoms with van der Waals surface area (Å²) in [4.78, 5) is 4.24. The molecule has 4 heteroatoms. The zero-order valence-electron chi connectivity index (χ0n) is 10.5. The third-order valence-corrected chi connectivity index (χ3v) is 3.73. The maximum absolute atomic E-state index is 6.04. The maximum Gasteiger partial charge on any atom is 0.0889 e. The van der Waals surface area contributed by atoms with Gasteiger partial charge in [0.25, 0.3) is 0 Å². The van der Waals surface area contributed by atoms with Gasteiger partial charge in [-0.25, -0.2) is 0 Å². The van der Waals surface area contributed by atoms with Crippen molar-refractivity contribution in [2.75, 3.05) is 13.2 Å². The van der Waals surface area contributed by atoms with Crippen molar-refractivity contribution in [1.82, 2.24) is 10.3 Å². The first-order valence-corrected chi connectivity index (χ1v) is 6.78. The van der Waals surface area contributed by atoms with Gasteiger partial charge in [-0.3, -0.25) is 4.98 Å². The number of fused-ring (bicyclic) bond motifs is 1. The van der Waals surface area contributed by atoms with Crippen molar-refractivity contribution in [3.63, 3.8) is 0 Å². The van der Waals surface area contributed by atoms with Crippen molar-refractivity contribution in [2.24, 2.45) is 0 Å². The Morgan fingerprint density at radius 1 is 1.33 bits per heavy atom. The number of ether oxygens (including phenoxy) is 2. The van der Waals surface area contributed by atoms with Crippen LogP contribution < -0.4 is 5.32 Å². The van der Waals surface area contributed by atoms with Crippen LogP contribution in [0.15, 0.2) is 24.4 Å². The summed E-state index contributed by atoms with van der Waals surface area (Å²) < 4.78 is 11.7. The van der Waals surface area contributed by atoms with E-state index in [1.165, 1.54) is 6.42 Å². The smallest absolute Gasteiger partial charge is 0.0889 e. The summed E-state index contributed by atoms with van der Waals surface area (Å²) in [5.74, 6) is 0. The first kappa shape index (κ1) is 12.1. The minimum atomic E-state index is 0.259. The van der Waals surface area contributed by atoms with Crippen molar-refractivity contribution >= 4 is 0 Å². The van der Waals surface area contributed by atoms with Gasteiger partial charge in [0.2, 0.25) is 0 Å². The Balaban J connectivity index is 1.41. The second kappa shape index (κ2) is 5.78. The van der Waals surface area contributed by atoms with E-state index in [-0.39, 0.29) is 6.10 Å². The molecule has 18 heavy (non-hydrogen) atoms. The minimum Gasteiger partial charge on any atom is -0.372 e. The van der Waals surface area contributed by atoms with Crippen LogP contribution in [0.4, 0.5) is 0 Å². The number of nitrogens with zero attached hydrogens (tertiary/aromatic N) is 1. The zero-order valence-corrected chi connectivity index (χ0v) is 10.5. The fourth-order valence-electron chi connectivity index (χ4n) is 2.78. The molecule has 98 valence electrons. The summed E-state index contributed by atoms with van der Waals surface area (Å²) in [6.07, 6.45) is 5.90. The standard InChI is InChI=1S/C14H20N2O2/c1-2-7-15-11(3-1)9-17-10-12-4-5-13-14(18-12)6-8-16-13/h1-3,7,12-14,16H,4-6,8-10H2/t12-,13+,14+/m0/s1. The molecule has 3 atom stereocenters. The number of hydrogen-bond acceptors (Lipinski definition) is 4. The highest BCUT2D eigenvalue weighted by atomic mass is 16.5. The Morgan fingerprint density at radius 3 is 3.22 bits per heavy atom. The molecule has 0 spiro atoms. The molecule has 2 aliphatic rings. The van der Waals surface area contributed by atoms with Crippen LogP contribution in [0.1, 0.15) is 25.0 Å². The van der Waals surface area contributed by atoms with E-state index in [1.807, 2.05) is 18.2 Å². The number of pyridine rings is 1. The van der Waals surface area contributed by atoms with Crippen LogP contribution in [-0.4, -0.2) is 36.4 Å². The second-order valence-corrected chi connectivity index (χ2v) is 5.06. The highest BCUT2D eigenvalue weighted by Gasteiger charge is 2.34. The van der Waals surface area contributed by atoms with Gasteiger partial charge < -0.3 is 14.8 Å². The Morgan fingerprint density at radius 2 is 2.33 bits per heavy atom. The van der Waals surface area contributed by atoms with Crippen molar-refractivity contribution in [3.05, 3.63) is 30.1 Å². The normalized spacial score (nSPS) is 31.2. The van der Waals surface area contributed by atoms with Gasteiger partial charge in [-0.2, -0.15) is 0 Å². The largest absolute Gasteiger partial charge is 0.372 e.